The number of halogens is 1. The molecule has 90 valence electrons. The second kappa shape index (κ2) is 4.85. The van der Waals surface area contributed by atoms with E-state index >= 15 is 0 Å². The van der Waals surface area contributed by atoms with Gasteiger partial charge in [-0.25, -0.2) is 9.67 Å². The van der Waals surface area contributed by atoms with E-state index in [1.165, 1.54) is 0 Å². The average molecular weight is 252 g/mol. The number of hydrogen-bond donors (Lipinski definition) is 1. The lowest BCUT2D eigenvalue weighted by Crippen LogP contribution is -2.01. The lowest BCUT2D eigenvalue weighted by atomic mass is 10.1. The van der Waals surface area contributed by atoms with Gasteiger partial charge in [-0.1, -0.05) is 25.4 Å². The molecule has 2 aromatic heterocycles. The van der Waals surface area contributed by atoms with Crippen molar-refractivity contribution in [2.24, 2.45) is 0 Å². The van der Waals surface area contributed by atoms with Gasteiger partial charge in [-0.2, -0.15) is 5.10 Å². The molecule has 0 spiro atoms. The largest absolute Gasteiger partial charge is 0.392 e. The molecule has 0 radical (unpaired) electrons. The monoisotopic (exact) mass is 251 g/mol. The molecule has 2 heterocycles. The number of aromatic nitrogens is 3. The molecular weight excluding hydrogens is 238 g/mol. The van der Waals surface area contributed by atoms with Crippen LogP contribution in [-0.4, -0.2) is 19.9 Å². The molecule has 0 aliphatic heterocycles. The molecule has 17 heavy (non-hydrogen) atoms. The molecule has 0 unspecified atom stereocenters. The van der Waals surface area contributed by atoms with Gasteiger partial charge in [0.05, 0.1) is 17.3 Å². The summed E-state index contributed by atoms with van der Waals surface area (Å²) < 4.78 is 1.65. The van der Waals surface area contributed by atoms with Crippen molar-refractivity contribution in [1.82, 2.24) is 14.8 Å². The molecule has 0 saturated carbocycles. The maximum Gasteiger partial charge on any atom is 0.172 e. The molecule has 0 bridgehead atoms. The molecule has 2 aromatic rings. The van der Waals surface area contributed by atoms with Gasteiger partial charge in [0, 0.05) is 12.4 Å². The van der Waals surface area contributed by atoms with Crippen molar-refractivity contribution >= 4 is 11.6 Å². The normalized spacial score (nSPS) is 11.1. The van der Waals surface area contributed by atoms with Crippen LogP contribution < -0.4 is 0 Å². The van der Waals surface area contributed by atoms with Gasteiger partial charge >= 0.3 is 0 Å². The zero-order chi connectivity index (χ0) is 12.4. The number of aliphatic hydroxyl groups is 1. The molecule has 0 aliphatic carbocycles. The maximum absolute atomic E-state index is 8.98. The van der Waals surface area contributed by atoms with E-state index in [0.29, 0.717) is 22.3 Å². The average Bonchev–Trinajstić information content (AvgIpc) is 2.78. The predicted octanol–water partition coefficient (Wildman–Crippen LogP) is 2.54. The first kappa shape index (κ1) is 12.1. The summed E-state index contributed by atoms with van der Waals surface area (Å²) in [5, 5.41) is 13.9. The molecular formula is C12H14ClN3O. The molecule has 0 aromatic carbocycles. The Morgan fingerprint density at radius 2 is 2.24 bits per heavy atom. The topological polar surface area (TPSA) is 50.9 Å². The smallest absolute Gasteiger partial charge is 0.172 e. The highest BCUT2D eigenvalue weighted by atomic mass is 35.5. The van der Waals surface area contributed by atoms with E-state index in [2.05, 4.69) is 23.9 Å². The first-order valence-corrected chi connectivity index (χ1v) is 5.81. The van der Waals surface area contributed by atoms with E-state index in [0.717, 1.165) is 5.69 Å². The summed E-state index contributed by atoms with van der Waals surface area (Å²) in [5.74, 6) is 0.947. The standard InChI is InChI=1S/C12H14ClN3O/c1-8(2)11-3-4-16(15-11)12-10(13)5-9(7-17)6-14-12/h3-6,8,17H,7H2,1-2H3. The van der Waals surface area contributed by atoms with Crippen LogP contribution in [0.2, 0.25) is 5.02 Å². The van der Waals surface area contributed by atoms with Crippen LogP contribution in [0.15, 0.2) is 24.5 Å². The minimum atomic E-state index is -0.0661. The van der Waals surface area contributed by atoms with Gasteiger partial charge in [0.2, 0.25) is 0 Å². The van der Waals surface area contributed by atoms with Gasteiger partial charge in [-0.05, 0) is 23.6 Å². The highest BCUT2D eigenvalue weighted by Crippen LogP contribution is 2.20. The number of aliphatic hydroxyl groups excluding tert-OH is 1. The van der Waals surface area contributed by atoms with Crippen LogP contribution in [-0.2, 0) is 6.61 Å². The van der Waals surface area contributed by atoms with Gasteiger partial charge in [0.25, 0.3) is 0 Å². The van der Waals surface area contributed by atoms with Crippen molar-refractivity contribution < 1.29 is 5.11 Å². The molecule has 5 heteroatoms. The molecule has 0 saturated heterocycles. The van der Waals surface area contributed by atoms with E-state index in [-0.39, 0.29) is 6.61 Å². The Labute approximate surface area is 105 Å². The van der Waals surface area contributed by atoms with E-state index in [4.69, 9.17) is 16.7 Å². The van der Waals surface area contributed by atoms with Crippen molar-refractivity contribution in [2.45, 2.75) is 26.4 Å². The van der Waals surface area contributed by atoms with Crippen molar-refractivity contribution in [3.8, 4) is 5.82 Å². The number of pyridine rings is 1. The third-order valence-electron chi connectivity index (χ3n) is 2.48. The Morgan fingerprint density at radius 1 is 1.47 bits per heavy atom. The third kappa shape index (κ3) is 2.48. The fraction of sp³-hybridized carbons (Fsp3) is 0.333. The van der Waals surface area contributed by atoms with Crippen molar-refractivity contribution in [2.75, 3.05) is 0 Å². The molecule has 1 N–H and O–H groups in total. The number of hydrogen-bond acceptors (Lipinski definition) is 3. The summed E-state index contributed by atoms with van der Waals surface area (Å²) in [6, 6.07) is 3.64. The highest BCUT2D eigenvalue weighted by molar-refractivity contribution is 6.32. The van der Waals surface area contributed by atoms with Crippen LogP contribution >= 0.6 is 11.6 Å². The second-order valence-corrected chi connectivity index (χ2v) is 4.55. The minimum absolute atomic E-state index is 0.0661. The summed E-state index contributed by atoms with van der Waals surface area (Å²) in [6.45, 7) is 4.09. The summed E-state index contributed by atoms with van der Waals surface area (Å²) >= 11 is 6.10. The van der Waals surface area contributed by atoms with Crippen LogP contribution in [0.5, 0.6) is 0 Å². The van der Waals surface area contributed by atoms with Crippen LogP contribution in [0.3, 0.4) is 0 Å². The van der Waals surface area contributed by atoms with Crippen LogP contribution in [0, 0.1) is 0 Å². The van der Waals surface area contributed by atoms with E-state index < -0.39 is 0 Å². The summed E-state index contributed by atoms with van der Waals surface area (Å²) in [7, 11) is 0. The predicted molar refractivity (Wildman–Crippen MR) is 66.4 cm³/mol. The molecule has 4 nitrogen and oxygen atoms in total. The molecule has 0 aliphatic rings. The van der Waals surface area contributed by atoms with E-state index in [1.54, 1.807) is 16.9 Å². The Hall–Kier alpha value is -1.39. The van der Waals surface area contributed by atoms with Gasteiger partial charge < -0.3 is 5.11 Å². The summed E-state index contributed by atoms with van der Waals surface area (Å²) in [5.41, 5.74) is 1.68. The Kier molecular flexibility index (Phi) is 3.45. The summed E-state index contributed by atoms with van der Waals surface area (Å²) in [6.07, 6.45) is 3.43. The van der Waals surface area contributed by atoms with Crippen molar-refractivity contribution in [3.63, 3.8) is 0 Å². The van der Waals surface area contributed by atoms with Crippen LogP contribution in [0.1, 0.15) is 31.0 Å². The molecule has 0 fully saturated rings. The lowest BCUT2D eigenvalue weighted by Gasteiger charge is -2.05. The molecule has 0 atom stereocenters. The lowest BCUT2D eigenvalue weighted by molar-refractivity contribution is 0.281. The van der Waals surface area contributed by atoms with Gasteiger partial charge in [0.1, 0.15) is 0 Å². The first-order valence-electron chi connectivity index (χ1n) is 5.43. The van der Waals surface area contributed by atoms with Gasteiger partial charge in [-0.15, -0.1) is 0 Å². The number of rotatable bonds is 3. The van der Waals surface area contributed by atoms with E-state index in [1.807, 2.05) is 12.3 Å². The fourth-order valence-corrected chi connectivity index (χ4v) is 1.76. The quantitative estimate of drug-likeness (QED) is 0.912. The Balaban J connectivity index is 2.38. The molecule has 0 amide bonds. The van der Waals surface area contributed by atoms with E-state index in [9.17, 15) is 0 Å². The zero-order valence-electron chi connectivity index (χ0n) is 9.76. The SMILES string of the molecule is CC(C)c1ccn(-c2ncc(CO)cc2Cl)n1. The Morgan fingerprint density at radius 3 is 2.76 bits per heavy atom. The Bertz CT molecular complexity index is 522. The number of nitrogens with zero attached hydrogens (tertiary/aromatic N) is 3. The summed E-state index contributed by atoms with van der Waals surface area (Å²) in [4.78, 5) is 4.20. The van der Waals surface area contributed by atoms with Crippen LogP contribution in [0.4, 0.5) is 0 Å². The maximum atomic E-state index is 8.98. The minimum Gasteiger partial charge on any atom is -0.392 e. The second-order valence-electron chi connectivity index (χ2n) is 4.15. The highest BCUT2D eigenvalue weighted by Gasteiger charge is 2.09. The molecule has 2 rings (SSSR count). The van der Waals surface area contributed by atoms with Crippen LogP contribution in [0.25, 0.3) is 5.82 Å². The van der Waals surface area contributed by atoms with Gasteiger partial charge in [0.15, 0.2) is 5.82 Å². The van der Waals surface area contributed by atoms with Crippen molar-refractivity contribution in [3.05, 3.63) is 40.8 Å². The zero-order valence-corrected chi connectivity index (χ0v) is 10.5. The van der Waals surface area contributed by atoms with Gasteiger partial charge in [-0.3, -0.25) is 0 Å². The first-order chi connectivity index (χ1) is 8.11. The third-order valence-corrected chi connectivity index (χ3v) is 2.76. The fourth-order valence-electron chi connectivity index (χ4n) is 1.49. The van der Waals surface area contributed by atoms with Crippen molar-refractivity contribution in [1.29, 1.82) is 0 Å².